The van der Waals surface area contributed by atoms with Crippen LogP contribution in [0.15, 0.2) is 36.7 Å². The fourth-order valence-electron chi connectivity index (χ4n) is 1.77. The summed E-state index contributed by atoms with van der Waals surface area (Å²) in [5.74, 6) is -0.182. The van der Waals surface area contributed by atoms with E-state index in [2.05, 4.69) is 10.4 Å². The van der Waals surface area contributed by atoms with E-state index in [1.54, 1.807) is 41.3 Å². The van der Waals surface area contributed by atoms with E-state index in [1.165, 1.54) is 0 Å². The van der Waals surface area contributed by atoms with Gasteiger partial charge in [-0.3, -0.25) is 4.79 Å². The fourth-order valence-corrected chi connectivity index (χ4v) is 2.03. The molecule has 1 amide bonds. The Balaban J connectivity index is 2.34. The third-order valence-corrected chi connectivity index (χ3v) is 3.30. The van der Waals surface area contributed by atoms with Crippen molar-refractivity contribution in [2.45, 2.75) is 19.9 Å². The van der Waals surface area contributed by atoms with E-state index >= 15 is 0 Å². The zero-order valence-electron chi connectivity index (χ0n) is 11.4. The van der Waals surface area contributed by atoms with E-state index in [4.69, 9.17) is 17.3 Å². The van der Waals surface area contributed by atoms with Crippen LogP contribution in [0.3, 0.4) is 0 Å². The van der Waals surface area contributed by atoms with Crippen LogP contribution in [-0.2, 0) is 4.79 Å². The maximum atomic E-state index is 12.1. The number of hydrogen-bond donors (Lipinski definition) is 2. The lowest BCUT2D eigenvalue weighted by Crippen LogP contribution is -2.39. The van der Waals surface area contributed by atoms with E-state index in [1.807, 2.05) is 13.8 Å². The van der Waals surface area contributed by atoms with Gasteiger partial charge >= 0.3 is 0 Å². The minimum Gasteiger partial charge on any atom is -0.323 e. The third-order valence-electron chi connectivity index (χ3n) is 3.00. The number of amides is 1. The largest absolute Gasteiger partial charge is 0.323 e. The van der Waals surface area contributed by atoms with Crippen molar-refractivity contribution in [2.24, 2.45) is 11.7 Å². The number of anilines is 1. The van der Waals surface area contributed by atoms with Crippen LogP contribution >= 0.6 is 11.6 Å². The summed E-state index contributed by atoms with van der Waals surface area (Å²) in [5.41, 5.74) is 7.06. The molecule has 1 aromatic heterocycles. The molecule has 106 valence electrons. The Morgan fingerprint density at radius 2 is 2.15 bits per heavy atom. The summed E-state index contributed by atoms with van der Waals surface area (Å²) in [6.45, 7) is 3.80. The summed E-state index contributed by atoms with van der Waals surface area (Å²) in [7, 11) is 0. The zero-order valence-corrected chi connectivity index (χ0v) is 12.1. The van der Waals surface area contributed by atoms with Crippen LogP contribution in [0.1, 0.15) is 13.8 Å². The molecule has 0 radical (unpaired) electrons. The number of halogens is 1. The first-order valence-electron chi connectivity index (χ1n) is 6.35. The molecular weight excluding hydrogens is 276 g/mol. The van der Waals surface area contributed by atoms with Crippen molar-refractivity contribution in [3.05, 3.63) is 41.7 Å². The molecule has 6 heteroatoms. The average Bonchev–Trinajstić information content (AvgIpc) is 2.91. The van der Waals surface area contributed by atoms with Gasteiger partial charge in [0.15, 0.2) is 0 Å². The summed E-state index contributed by atoms with van der Waals surface area (Å²) in [4.78, 5) is 12.1. The lowest BCUT2D eigenvalue weighted by Gasteiger charge is -2.17. The molecular formula is C14H17ClN4O. The molecule has 0 aliphatic rings. The molecule has 3 N–H and O–H groups in total. The predicted molar refractivity (Wildman–Crippen MR) is 80.0 cm³/mol. The van der Waals surface area contributed by atoms with Gasteiger partial charge in [-0.2, -0.15) is 5.10 Å². The normalized spacial score (nSPS) is 12.4. The molecule has 0 fully saturated rings. The van der Waals surface area contributed by atoms with Gasteiger partial charge in [0.2, 0.25) is 5.91 Å². The number of carbonyl (C=O) groups is 1. The van der Waals surface area contributed by atoms with E-state index < -0.39 is 6.04 Å². The summed E-state index contributed by atoms with van der Waals surface area (Å²) < 4.78 is 1.61. The second-order valence-electron chi connectivity index (χ2n) is 4.85. The van der Waals surface area contributed by atoms with Gasteiger partial charge in [-0.05, 0) is 24.1 Å². The average molecular weight is 293 g/mol. The van der Waals surface area contributed by atoms with Gasteiger partial charge in [0, 0.05) is 12.4 Å². The highest BCUT2D eigenvalue weighted by molar-refractivity contribution is 6.33. The lowest BCUT2D eigenvalue weighted by atomic mass is 10.0. The monoisotopic (exact) mass is 292 g/mol. The Bertz CT molecular complexity index is 595. The first-order valence-corrected chi connectivity index (χ1v) is 6.73. The topological polar surface area (TPSA) is 72.9 Å². The first-order chi connectivity index (χ1) is 9.50. The van der Waals surface area contributed by atoms with Gasteiger partial charge in [0.25, 0.3) is 0 Å². The Hall–Kier alpha value is -1.85. The molecule has 2 rings (SSSR count). The highest BCUT2D eigenvalue weighted by Crippen LogP contribution is 2.28. The van der Waals surface area contributed by atoms with Crippen LogP contribution < -0.4 is 11.1 Å². The van der Waals surface area contributed by atoms with E-state index in [-0.39, 0.29) is 11.8 Å². The first kappa shape index (κ1) is 14.6. The number of carbonyl (C=O) groups excluding carboxylic acids is 1. The van der Waals surface area contributed by atoms with Gasteiger partial charge < -0.3 is 11.1 Å². The van der Waals surface area contributed by atoms with Crippen LogP contribution in [-0.4, -0.2) is 21.7 Å². The molecule has 5 nitrogen and oxygen atoms in total. The number of aromatic nitrogens is 2. The predicted octanol–water partition coefficient (Wildman–Crippen LogP) is 2.45. The summed E-state index contributed by atoms with van der Waals surface area (Å²) in [5, 5.41) is 7.46. The molecule has 1 aromatic carbocycles. The van der Waals surface area contributed by atoms with Crippen molar-refractivity contribution < 1.29 is 4.79 Å². The van der Waals surface area contributed by atoms with E-state index in [0.29, 0.717) is 16.4 Å². The molecule has 20 heavy (non-hydrogen) atoms. The van der Waals surface area contributed by atoms with Gasteiger partial charge in [0.05, 0.1) is 16.8 Å². The quantitative estimate of drug-likeness (QED) is 0.909. The van der Waals surface area contributed by atoms with Gasteiger partial charge in [0.1, 0.15) is 5.69 Å². The van der Waals surface area contributed by atoms with Gasteiger partial charge in [-0.25, -0.2) is 4.68 Å². The number of benzene rings is 1. The second kappa shape index (κ2) is 6.07. The fraction of sp³-hybridized carbons (Fsp3) is 0.286. The standard InChI is InChI=1S/C14H17ClN4O/c1-9(2)12(16)14(20)18-11-6-3-5-10(15)13(11)19-8-4-7-17-19/h3-9,12H,16H2,1-2H3,(H,18,20)/t12-/m0/s1. The number of nitrogens with zero attached hydrogens (tertiary/aromatic N) is 2. The molecule has 0 aliphatic carbocycles. The molecule has 0 spiro atoms. The minimum absolute atomic E-state index is 0.0577. The van der Waals surface area contributed by atoms with Crippen LogP contribution in [0.25, 0.3) is 5.69 Å². The Kier molecular flexibility index (Phi) is 4.42. The number of nitrogens with two attached hydrogens (primary N) is 1. The number of rotatable bonds is 4. The van der Waals surface area contributed by atoms with Crippen molar-refractivity contribution >= 4 is 23.2 Å². The molecule has 0 bridgehead atoms. The van der Waals surface area contributed by atoms with Crippen molar-refractivity contribution in [2.75, 3.05) is 5.32 Å². The van der Waals surface area contributed by atoms with Crippen LogP contribution in [0.2, 0.25) is 5.02 Å². The molecule has 0 aliphatic heterocycles. The van der Waals surface area contributed by atoms with Crippen molar-refractivity contribution in [3.63, 3.8) is 0 Å². The summed E-state index contributed by atoms with van der Waals surface area (Å²) in [6.07, 6.45) is 3.41. The second-order valence-corrected chi connectivity index (χ2v) is 5.25. The molecule has 1 heterocycles. The lowest BCUT2D eigenvalue weighted by molar-refractivity contribution is -0.118. The third kappa shape index (κ3) is 3.00. The van der Waals surface area contributed by atoms with Gasteiger partial charge in [-0.1, -0.05) is 31.5 Å². The Morgan fingerprint density at radius 1 is 1.40 bits per heavy atom. The minimum atomic E-state index is -0.570. The SMILES string of the molecule is CC(C)[C@H](N)C(=O)Nc1cccc(Cl)c1-n1cccn1. The summed E-state index contributed by atoms with van der Waals surface area (Å²) >= 11 is 6.20. The van der Waals surface area contributed by atoms with Crippen LogP contribution in [0.5, 0.6) is 0 Å². The Morgan fingerprint density at radius 3 is 2.75 bits per heavy atom. The molecule has 0 unspecified atom stereocenters. The highest BCUT2D eigenvalue weighted by atomic mass is 35.5. The molecule has 0 saturated carbocycles. The van der Waals surface area contributed by atoms with Crippen molar-refractivity contribution in [1.82, 2.24) is 9.78 Å². The van der Waals surface area contributed by atoms with E-state index in [9.17, 15) is 4.79 Å². The molecule has 1 atom stereocenters. The van der Waals surface area contributed by atoms with E-state index in [0.717, 1.165) is 0 Å². The molecule has 2 aromatic rings. The van der Waals surface area contributed by atoms with Crippen molar-refractivity contribution in [3.8, 4) is 5.69 Å². The number of para-hydroxylation sites is 1. The highest BCUT2D eigenvalue weighted by Gasteiger charge is 2.19. The number of nitrogens with one attached hydrogen (secondary N) is 1. The number of hydrogen-bond acceptors (Lipinski definition) is 3. The molecule has 0 saturated heterocycles. The van der Waals surface area contributed by atoms with Crippen molar-refractivity contribution in [1.29, 1.82) is 0 Å². The zero-order chi connectivity index (χ0) is 14.7. The van der Waals surface area contributed by atoms with Crippen LogP contribution in [0, 0.1) is 5.92 Å². The summed E-state index contributed by atoms with van der Waals surface area (Å²) in [6, 6.07) is 6.50. The van der Waals surface area contributed by atoms with Crippen LogP contribution in [0.4, 0.5) is 5.69 Å². The Labute approximate surface area is 122 Å². The smallest absolute Gasteiger partial charge is 0.241 e. The maximum Gasteiger partial charge on any atom is 0.241 e. The van der Waals surface area contributed by atoms with Gasteiger partial charge in [-0.15, -0.1) is 0 Å². The maximum absolute atomic E-state index is 12.1.